The van der Waals surface area contributed by atoms with Crippen molar-refractivity contribution in [2.45, 2.75) is 6.04 Å². The minimum atomic E-state index is -1.15. The number of likely N-dealkylation sites (N-methyl/N-ethyl adjacent to an activating group) is 1. The number of rotatable bonds is 6. The van der Waals surface area contributed by atoms with Crippen molar-refractivity contribution in [3.63, 3.8) is 0 Å². The first-order valence-corrected chi connectivity index (χ1v) is 9.42. The number of aromatic carboxylic acids is 1. The van der Waals surface area contributed by atoms with Gasteiger partial charge in [0.25, 0.3) is 0 Å². The summed E-state index contributed by atoms with van der Waals surface area (Å²) < 4.78 is 1.54. The number of aliphatic carboxylic acids is 1. The molecule has 29 heavy (non-hydrogen) atoms. The number of amides is 1. The van der Waals surface area contributed by atoms with Crippen molar-refractivity contribution in [2.24, 2.45) is 7.05 Å². The molecule has 2 N–H and O–H groups in total. The van der Waals surface area contributed by atoms with Crippen molar-refractivity contribution in [2.75, 3.05) is 46.8 Å². The Labute approximate surface area is 168 Å². The summed E-state index contributed by atoms with van der Waals surface area (Å²) in [6.45, 7) is 2.22. The van der Waals surface area contributed by atoms with Crippen LogP contribution in [0.2, 0.25) is 0 Å². The highest BCUT2D eigenvalue weighted by Crippen LogP contribution is 2.34. The molecule has 1 unspecified atom stereocenters. The van der Waals surface area contributed by atoms with Crippen LogP contribution in [0.5, 0.6) is 0 Å². The fraction of sp³-hybridized carbons (Fsp3) is 0.450. The molecule has 1 atom stereocenters. The monoisotopic (exact) mass is 402 g/mol. The third kappa shape index (κ3) is 3.96. The molecule has 1 aromatic heterocycles. The van der Waals surface area contributed by atoms with Crippen LogP contribution in [0.1, 0.15) is 22.1 Å². The van der Waals surface area contributed by atoms with E-state index in [1.54, 1.807) is 50.3 Å². The molecule has 1 aliphatic heterocycles. The highest BCUT2D eigenvalue weighted by atomic mass is 16.4. The lowest BCUT2D eigenvalue weighted by Crippen LogP contribution is -2.51. The third-order valence-corrected chi connectivity index (χ3v) is 5.49. The van der Waals surface area contributed by atoms with Crippen LogP contribution in [0, 0.1) is 0 Å². The first-order chi connectivity index (χ1) is 13.7. The van der Waals surface area contributed by atoms with Gasteiger partial charge in [-0.3, -0.25) is 19.4 Å². The fourth-order valence-electron chi connectivity index (χ4n) is 3.93. The Balaban J connectivity index is 1.93. The van der Waals surface area contributed by atoms with Gasteiger partial charge in [-0.25, -0.2) is 4.79 Å². The number of aromatic nitrogens is 1. The second-order valence-corrected chi connectivity index (χ2v) is 7.48. The van der Waals surface area contributed by atoms with Gasteiger partial charge in [-0.15, -0.1) is 0 Å². The minimum Gasteiger partial charge on any atom is -0.480 e. The molecular formula is C20H26N4O5. The molecule has 0 spiro atoms. The Morgan fingerprint density at radius 2 is 1.69 bits per heavy atom. The summed E-state index contributed by atoms with van der Waals surface area (Å²) in [6.07, 6.45) is 0. The number of carboxylic acid groups (broad SMARTS) is 2. The van der Waals surface area contributed by atoms with E-state index in [0.29, 0.717) is 42.6 Å². The number of hydrogen-bond acceptors (Lipinski definition) is 5. The molecule has 1 amide bonds. The average Bonchev–Trinajstić information content (AvgIpc) is 2.96. The van der Waals surface area contributed by atoms with Gasteiger partial charge >= 0.3 is 11.9 Å². The van der Waals surface area contributed by atoms with Crippen molar-refractivity contribution in [1.29, 1.82) is 0 Å². The maximum absolute atomic E-state index is 12.3. The summed E-state index contributed by atoms with van der Waals surface area (Å²) in [5.41, 5.74) is 0.978. The molecule has 0 saturated carbocycles. The van der Waals surface area contributed by atoms with Gasteiger partial charge in [0.15, 0.2) is 0 Å². The molecule has 0 radical (unpaired) electrons. The van der Waals surface area contributed by atoms with Crippen molar-refractivity contribution in [3.05, 3.63) is 35.5 Å². The van der Waals surface area contributed by atoms with Gasteiger partial charge in [-0.2, -0.15) is 0 Å². The van der Waals surface area contributed by atoms with E-state index in [9.17, 15) is 24.6 Å². The number of piperazine rings is 1. The number of aryl methyl sites for hydroxylation is 1. The van der Waals surface area contributed by atoms with Gasteiger partial charge in [-0.05, 0) is 6.07 Å². The zero-order valence-electron chi connectivity index (χ0n) is 16.8. The normalized spacial score (nSPS) is 16.7. The van der Waals surface area contributed by atoms with Gasteiger partial charge in [0.05, 0.1) is 6.54 Å². The number of carboxylic acids is 2. The highest BCUT2D eigenvalue weighted by Gasteiger charge is 2.36. The number of fused-ring (bicyclic) bond motifs is 1. The molecule has 0 aliphatic carbocycles. The number of benzene rings is 1. The quantitative estimate of drug-likeness (QED) is 0.733. The second kappa shape index (κ2) is 8.22. The fourth-order valence-corrected chi connectivity index (χ4v) is 3.93. The van der Waals surface area contributed by atoms with Crippen LogP contribution in [0.25, 0.3) is 10.9 Å². The molecule has 9 heteroatoms. The van der Waals surface area contributed by atoms with Crippen molar-refractivity contribution < 1.29 is 24.6 Å². The molecule has 2 aromatic rings. The molecule has 9 nitrogen and oxygen atoms in total. The zero-order chi connectivity index (χ0) is 21.3. The molecule has 2 heterocycles. The number of para-hydroxylation sites is 1. The summed E-state index contributed by atoms with van der Waals surface area (Å²) in [5, 5.41) is 20.4. The van der Waals surface area contributed by atoms with Crippen LogP contribution in [0.4, 0.5) is 0 Å². The van der Waals surface area contributed by atoms with Crippen LogP contribution >= 0.6 is 0 Å². The first-order valence-electron chi connectivity index (χ1n) is 9.42. The zero-order valence-corrected chi connectivity index (χ0v) is 16.8. The van der Waals surface area contributed by atoms with Crippen LogP contribution < -0.4 is 0 Å². The molecule has 1 saturated heterocycles. The second-order valence-electron chi connectivity index (χ2n) is 7.48. The Kier molecular flexibility index (Phi) is 5.90. The van der Waals surface area contributed by atoms with E-state index >= 15 is 0 Å². The highest BCUT2D eigenvalue weighted by molar-refractivity contribution is 6.01. The number of carbonyl (C=O) groups excluding carboxylic acids is 1. The summed E-state index contributed by atoms with van der Waals surface area (Å²) in [4.78, 5) is 41.5. The van der Waals surface area contributed by atoms with Crippen LogP contribution in [-0.4, -0.2) is 94.1 Å². The van der Waals surface area contributed by atoms with E-state index in [0.717, 1.165) is 0 Å². The van der Waals surface area contributed by atoms with Crippen molar-refractivity contribution in [1.82, 2.24) is 19.3 Å². The lowest BCUT2D eigenvalue weighted by molar-refractivity contribution is -0.145. The van der Waals surface area contributed by atoms with E-state index in [4.69, 9.17) is 0 Å². The van der Waals surface area contributed by atoms with Crippen LogP contribution in [-0.2, 0) is 16.6 Å². The molecular weight excluding hydrogens is 376 g/mol. The molecule has 3 rings (SSSR count). The van der Waals surface area contributed by atoms with Gasteiger partial charge < -0.3 is 19.7 Å². The van der Waals surface area contributed by atoms with E-state index in [-0.39, 0.29) is 18.1 Å². The topological polar surface area (TPSA) is 106 Å². The van der Waals surface area contributed by atoms with Crippen molar-refractivity contribution >= 4 is 28.7 Å². The Morgan fingerprint density at radius 1 is 1.07 bits per heavy atom. The van der Waals surface area contributed by atoms with Gasteiger partial charge in [0.2, 0.25) is 5.91 Å². The average molecular weight is 402 g/mol. The summed E-state index contributed by atoms with van der Waals surface area (Å²) in [7, 11) is 5.04. The Hall–Kier alpha value is -2.91. The molecule has 0 bridgehead atoms. The molecule has 156 valence electrons. The maximum atomic E-state index is 12.3. The SMILES string of the molecule is CN(C)C(=O)CN1CCN(C(C(=O)O)c2c(C(=O)O)n(C)c3ccccc23)CC1. The third-order valence-electron chi connectivity index (χ3n) is 5.49. The standard InChI is InChI=1S/C20H26N4O5/c1-21(2)15(25)12-23-8-10-24(11-9-23)18(20(28)29)16-13-6-4-5-7-14(13)22(3)17(16)19(26)27/h4-7,18H,8-12H2,1-3H3,(H,26,27)(H,28,29). The molecule has 1 aromatic carbocycles. The van der Waals surface area contributed by atoms with Crippen LogP contribution in [0.15, 0.2) is 24.3 Å². The number of hydrogen-bond donors (Lipinski definition) is 2. The molecule has 1 aliphatic rings. The van der Waals surface area contributed by atoms with E-state index in [2.05, 4.69) is 0 Å². The number of carbonyl (C=O) groups is 3. The lowest BCUT2D eigenvalue weighted by atomic mass is 10.00. The van der Waals surface area contributed by atoms with Gasteiger partial charge in [-0.1, -0.05) is 18.2 Å². The summed E-state index contributed by atoms with van der Waals surface area (Å²) >= 11 is 0. The van der Waals surface area contributed by atoms with Crippen molar-refractivity contribution in [3.8, 4) is 0 Å². The number of nitrogens with zero attached hydrogens (tertiary/aromatic N) is 4. The van der Waals surface area contributed by atoms with E-state index in [1.807, 2.05) is 4.90 Å². The first kappa shape index (κ1) is 20.8. The van der Waals surface area contributed by atoms with Gasteiger partial charge in [0.1, 0.15) is 11.7 Å². The lowest BCUT2D eigenvalue weighted by Gasteiger charge is -2.37. The Bertz CT molecular complexity index is 944. The smallest absolute Gasteiger partial charge is 0.352 e. The van der Waals surface area contributed by atoms with Crippen LogP contribution in [0.3, 0.4) is 0 Å². The molecule has 1 fully saturated rings. The van der Waals surface area contributed by atoms with E-state index < -0.39 is 18.0 Å². The van der Waals surface area contributed by atoms with Gasteiger partial charge in [0, 0.05) is 63.8 Å². The Morgan fingerprint density at radius 3 is 2.24 bits per heavy atom. The minimum absolute atomic E-state index is 0.00421. The summed E-state index contributed by atoms with van der Waals surface area (Å²) in [5.74, 6) is -2.24. The largest absolute Gasteiger partial charge is 0.480 e. The maximum Gasteiger partial charge on any atom is 0.352 e. The van der Waals surface area contributed by atoms with E-state index in [1.165, 1.54) is 9.47 Å². The predicted octanol–water partition coefficient (Wildman–Crippen LogP) is 0.708. The summed E-state index contributed by atoms with van der Waals surface area (Å²) in [6, 6.07) is 6.06. The predicted molar refractivity (Wildman–Crippen MR) is 107 cm³/mol.